The summed E-state index contributed by atoms with van der Waals surface area (Å²) < 4.78 is 28.9. The van der Waals surface area contributed by atoms with Gasteiger partial charge in [0.15, 0.2) is 0 Å². The van der Waals surface area contributed by atoms with E-state index < -0.39 is 52.0 Å². The lowest BCUT2D eigenvalue weighted by Gasteiger charge is -2.34. The first-order valence-corrected chi connectivity index (χ1v) is 17.8. The maximum Gasteiger partial charge on any atom is 0.328 e. The Bertz CT molecular complexity index is 1840. The van der Waals surface area contributed by atoms with Crippen LogP contribution in [0.5, 0.6) is 5.75 Å². The molecule has 3 atom stereocenters. The Morgan fingerprint density at radius 3 is 2.36 bits per heavy atom. The van der Waals surface area contributed by atoms with Gasteiger partial charge in [-0.05, 0) is 72.2 Å². The highest BCUT2D eigenvalue weighted by molar-refractivity contribution is 7.89. The molecular weight excluding hydrogens is 660 g/mol. The first-order chi connectivity index (χ1) is 23.6. The van der Waals surface area contributed by atoms with Gasteiger partial charge in [0.1, 0.15) is 30.1 Å². The molecule has 1 aliphatic rings. The Morgan fingerprint density at radius 2 is 1.74 bits per heavy atom. The number of pyridine rings is 1. The van der Waals surface area contributed by atoms with Crippen molar-refractivity contribution in [2.45, 2.75) is 70.7 Å². The maximum atomic E-state index is 14.1. The highest BCUT2D eigenvalue weighted by atomic mass is 32.2. The number of phenolic OH excluding ortho intramolecular Hbond substituents is 1. The Balaban J connectivity index is 1.60. The van der Waals surface area contributed by atoms with Crippen LogP contribution in [-0.4, -0.2) is 93.4 Å². The van der Waals surface area contributed by atoms with Crippen molar-refractivity contribution in [1.29, 1.82) is 5.26 Å². The number of hydrogen-bond donors (Lipinski definition) is 3. The van der Waals surface area contributed by atoms with E-state index in [4.69, 9.17) is 0 Å². The molecule has 14 heteroatoms. The van der Waals surface area contributed by atoms with Gasteiger partial charge in [0.25, 0.3) is 5.91 Å². The molecule has 0 unspecified atom stereocenters. The summed E-state index contributed by atoms with van der Waals surface area (Å²) in [7, 11) is -4.13. The Hall–Kier alpha value is -4.84. The summed E-state index contributed by atoms with van der Waals surface area (Å²) in [5.41, 5.74) is 1.82. The fourth-order valence-corrected chi connectivity index (χ4v) is 7.63. The van der Waals surface area contributed by atoms with Crippen molar-refractivity contribution in [1.82, 2.24) is 24.4 Å². The molecule has 4 amide bonds. The molecule has 1 aliphatic heterocycles. The Kier molecular flexibility index (Phi) is 12.3. The van der Waals surface area contributed by atoms with Crippen molar-refractivity contribution in [3.05, 3.63) is 89.2 Å². The van der Waals surface area contributed by atoms with Crippen LogP contribution in [0.2, 0.25) is 0 Å². The quantitative estimate of drug-likeness (QED) is 0.200. The minimum absolute atomic E-state index is 0.0402. The van der Waals surface area contributed by atoms with Crippen LogP contribution in [0.4, 0.5) is 4.79 Å². The van der Waals surface area contributed by atoms with E-state index in [0.29, 0.717) is 11.1 Å². The zero-order valence-corrected chi connectivity index (χ0v) is 29.7. The van der Waals surface area contributed by atoms with Crippen molar-refractivity contribution in [3.63, 3.8) is 0 Å². The third kappa shape index (κ3) is 9.03. The first kappa shape index (κ1) is 38.0. The molecule has 13 nitrogen and oxygen atoms in total. The number of phenols is 1. The second-order valence-electron chi connectivity index (χ2n) is 13.3. The summed E-state index contributed by atoms with van der Waals surface area (Å²) in [6.45, 7) is 8.05. The van der Waals surface area contributed by atoms with E-state index in [1.54, 1.807) is 26.8 Å². The van der Waals surface area contributed by atoms with Crippen LogP contribution in [0.1, 0.15) is 50.1 Å². The maximum absolute atomic E-state index is 14.1. The molecule has 1 fully saturated rings. The van der Waals surface area contributed by atoms with Crippen LogP contribution < -0.4 is 5.32 Å². The molecule has 2 heterocycles. The second kappa shape index (κ2) is 16.2. The number of sulfonamides is 1. The highest BCUT2D eigenvalue weighted by Gasteiger charge is 2.44. The average Bonchev–Trinajstić information content (AvgIpc) is 3.33. The number of urea groups is 1. The summed E-state index contributed by atoms with van der Waals surface area (Å²) in [5, 5.41) is 33.8. The van der Waals surface area contributed by atoms with Gasteiger partial charge >= 0.3 is 6.03 Å². The lowest BCUT2D eigenvalue weighted by molar-refractivity contribution is -0.129. The molecule has 266 valence electrons. The van der Waals surface area contributed by atoms with Crippen molar-refractivity contribution >= 4 is 27.9 Å². The third-order valence-electron chi connectivity index (χ3n) is 8.45. The summed E-state index contributed by atoms with van der Waals surface area (Å²) in [6, 6.07) is 15.3. The van der Waals surface area contributed by atoms with Gasteiger partial charge in [-0.2, -0.15) is 9.57 Å². The van der Waals surface area contributed by atoms with Crippen molar-refractivity contribution in [2.75, 3.05) is 19.6 Å². The predicted molar refractivity (Wildman–Crippen MR) is 185 cm³/mol. The van der Waals surface area contributed by atoms with E-state index in [1.807, 2.05) is 50.2 Å². The summed E-state index contributed by atoms with van der Waals surface area (Å²) in [4.78, 5) is 46.9. The van der Waals surface area contributed by atoms with Gasteiger partial charge in [-0.3, -0.25) is 14.5 Å². The predicted octanol–water partition coefficient (Wildman–Crippen LogP) is 3.19. The van der Waals surface area contributed by atoms with Crippen molar-refractivity contribution in [2.24, 2.45) is 11.8 Å². The lowest BCUT2D eigenvalue weighted by atomic mass is 9.97. The number of rotatable bonds is 15. The molecule has 0 radical (unpaired) electrons. The Morgan fingerprint density at radius 1 is 1.04 bits per heavy atom. The number of nitrogens with zero attached hydrogens (tertiary/aromatic N) is 5. The number of hydrogen-bond acceptors (Lipinski definition) is 9. The molecule has 1 aromatic heterocycles. The zero-order chi connectivity index (χ0) is 36.7. The summed E-state index contributed by atoms with van der Waals surface area (Å²) in [6.07, 6.45) is 0.180. The van der Waals surface area contributed by atoms with Crippen molar-refractivity contribution < 1.29 is 33.0 Å². The van der Waals surface area contributed by atoms with Crippen LogP contribution in [0.15, 0.2) is 71.8 Å². The van der Waals surface area contributed by atoms with E-state index in [0.717, 1.165) is 10.5 Å². The molecule has 0 saturated carbocycles. The standard InChI is InChI=1S/C36H44N6O7S/c1-23(2)19-40(50(48,49)29-11-12-31(43)25(5)15-29)21-32(44)30(17-26-9-7-6-8-10-26)39-35(46)34(24(3)4)42-22-33(45)41(36(42)47)20-27-13-14-38-28(16-27)18-37/h6-16,23-24,30,32,34,43-44H,17,19-22H2,1-5H3,(H,39,46)/t30-,32-,34-/m0/s1. The molecule has 0 bridgehead atoms. The topological polar surface area (TPSA) is 184 Å². The summed E-state index contributed by atoms with van der Waals surface area (Å²) >= 11 is 0. The molecule has 1 saturated heterocycles. The number of aromatic hydroxyl groups is 1. The minimum atomic E-state index is -4.13. The molecule has 50 heavy (non-hydrogen) atoms. The van der Waals surface area contributed by atoms with E-state index >= 15 is 0 Å². The number of aryl methyl sites for hydroxylation is 1. The smallest absolute Gasteiger partial charge is 0.328 e. The normalized spacial score (nSPS) is 15.4. The van der Waals surface area contributed by atoms with Crippen LogP contribution in [0, 0.1) is 30.1 Å². The largest absolute Gasteiger partial charge is 0.508 e. The lowest BCUT2D eigenvalue weighted by Crippen LogP contribution is -2.57. The van der Waals surface area contributed by atoms with E-state index in [1.165, 1.54) is 39.7 Å². The average molecular weight is 705 g/mol. The molecule has 3 N–H and O–H groups in total. The van der Waals surface area contributed by atoms with E-state index in [9.17, 15) is 38.3 Å². The van der Waals surface area contributed by atoms with Crippen LogP contribution in [-0.2, 0) is 32.6 Å². The minimum Gasteiger partial charge on any atom is -0.508 e. The number of imide groups is 1. The first-order valence-electron chi connectivity index (χ1n) is 16.4. The highest BCUT2D eigenvalue weighted by Crippen LogP contribution is 2.25. The molecule has 3 aromatic rings. The number of carbonyl (C=O) groups is 3. The number of nitriles is 1. The number of carbonyl (C=O) groups excluding carboxylic acids is 3. The van der Waals surface area contributed by atoms with Gasteiger partial charge in [0.05, 0.1) is 23.6 Å². The Labute approximate surface area is 293 Å². The number of aliphatic hydroxyl groups excluding tert-OH is 1. The van der Waals surface area contributed by atoms with E-state index in [2.05, 4.69) is 10.3 Å². The van der Waals surface area contributed by atoms with E-state index in [-0.39, 0.29) is 54.9 Å². The molecule has 2 aromatic carbocycles. The SMILES string of the molecule is Cc1cc(S(=O)(=O)N(CC(C)C)C[C@H](O)[C@H](Cc2ccccc2)NC(=O)[C@H](C(C)C)N2CC(=O)N(Cc3ccnc(C#N)c3)C2=O)ccc1O. The fraction of sp³-hybridized carbons (Fsp3) is 0.417. The van der Waals surface area contributed by atoms with Crippen molar-refractivity contribution in [3.8, 4) is 11.8 Å². The zero-order valence-electron chi connectivity index (χ0n) is 28.9. The van der Waals surface area contributed by atoms with Gasteiger partial charge < -0.3 is 20.4 Å². The third-order valence-corrected chi connectivity index (χ3v) is 10.3. The fourth-order valence-electron chi connectivity index (χ4n) is 5.92. The molecule has 4 rings (SSSR count). The molecule has 0 aliphatic carbocycles. The summed E-state index contributed by atoms with van der Waals surface area (Å²) in [5.74, 6) is -1.71. The monoisotopic (exact) mass is 704 g/mol. The number of benzene rings is 2. The number of nitrogens with one attached hydrogen (secondary N) is 1. The number of aromatic nitrogens is 1. The van der Waals surface area contributed by atoms with Gasteiger partial charge in [-0.25, -0.2) is 18.2 Å². The molecule has 0 spiro atoms. The van der Waals surface area contributed by atoms with Crippen LogP contribution in [0.25, 0.3) is 0 Å². The van der Waals surface area contributed by atoms with Gasteiger partial charge in [0, 0.05) is 19.3 Å². The number of amides is 4. The number of aliphatic hydroxyl groups is 1. The van der Waals surface area contributed by atoms with Crippen LogP contribution >= 0.6 is 0 Å². The van der Waals surface area contributed by atoms with Gasteiger partial charge in [0.2, 0.25) is 15.9 Å². The van der Waals surface area contributed by atoms with Crippen LogP contribution in [0.3, 0.4) is 0 Å². The van der Waals surface area contributed by atoms with Gasteiger partial charge in [-0.15, -0.1) is 0 Å². The van der Waals surface area contributed by atoms with Gasteiger partial charge in [-0.1, -0.05) is 58.0 Å². The molecular formula is C36H44N6O7S. The second-order valence-corrected chi connectivity index (χ2v) is 15.2.